The maximum Gasteiger partial charge on any atom is 0.192 e. The molecule has 1 heterocycles. The Bertz CT molecular complexity index is 379. The average Bonchev–Trinajstić information content (AvgIpc) is 2.67. The summed E-state index contributed by atoms with van der Waals surface area (Å²) in [4.78, 5) is 12.1. The molecule has 17 heavy (non-hydrogen) atoms. The first kappa shape index (κ1) is 14.6. The number of hydrogen-bond acceptors (Lipinski definition) is 3. The maximum absolute atomic E-state index is 12.1. The van der Waals surface area contributed by atoms with Crippen molar-refractivity contribution in [1.82, 2.24) is 9.78 Å². The molecule has 0 saturated carbocycles. The summed E-state index contributed by atoms with van der Waals surface area (Å²) in [5.41, 5.74) is 0.560. The van der Waals surface area contributed by atoms with E-state index in [0.717, 1.165) is 19.4 Å². The minimum Gasteiger partial charge on any atom is -0.291 e. The summed E-state index contributed by atoms with van der Waals surface area (Å²) in [6.45, 7) is 7.04. The van der Waals surface area contributed by atoms with Crippen molar-refractivity contribution in [3.05, 3.63) is 16.9 Å². The van der Waals surface area contributed by atoms with Crippen LogP contribution in [0.5, 0.6) is 0 Å². The van der Waals surface area contributed by atoms with E-state index in [9.17, 15) is 4.79 Å². The first-order valence-corrected chi connectivity index (χ1v) is 7.38. The van der Waals surface area contributed by atoms with E-state index in [1.165, 1.54) is 0 Å². The molecule has 1 aromatic rings. The van der Waals surface area contributed by atoms with Crippen LogP contribution < -0.4 is 0 Å². The van der Waals surface area contributed by atoms with Crippen molar-refractivity contribution in [2.45, 2.75) is 45.4 Å². The Balaban J connectivity index is 2.70. The fourth-order valence-electron chi connectivity index (χ4n) is 1.43. The Kier molecular flexibility index (Phi) is 6.06. The highest BCUT2D eigenvalue weighted by Gasteiger charge is 2.17. The van der Waals surface area contributed by atoms with E-state index in [2.05, 4.69) is 25.9 Å². The predicted molar refractivity (Wildman–Crippen MR) is 74.1 cm³/mol. The summed E-state index contributed by atoms with van der Waals surface area (Å²) in [5.74, 6) is 0.552. The number of rotatable bonds is 7. The highest BCUT2D eigenvalue weighted by atomic mass is 35.5. The molecule has 1 atom stereocenters. The minimum absolute atomic E-state index is 0.0752. The van der Waals surface area contributed by atoms with Gasteiger partial charge in [-0.1, -0.05) is 32.4 Å². The lowest BCUT2D eigenvalue weighted by molar-refractivity contribution is 0.101. The zero-order valence-electron chi connectivity index (χ0n) is 10.6. The first-order valence-electron chi connectivity index (χ1n) is 5.96. The number of aromatic nitrogens is 2. The van der Waals surface area contributed by atoms with Crippen molar-refractivity contribution >= 4 is 29.1 Å². The van der Waals surface area contributed by atoms with Crippen molar-refractivity contribution in [2.75, 3.05) is 5.75 Å². The molecule has 1 unspecified atom stereocenters. The van der Waals surface area contributed by atoms with E-state index in [1.807, 2.05) is 0 Å². The zero-order valence-corrected chi connectivity index (χ0v) is 12.1. The van der Waals surface area contributed by atoms with Gasteiger partial charge in [0.25, 0.3) is 0 Å². The molecule has 0 aliphatic rings. The zero-order chi connectivity index (χ0) is 12.8. The second-order valence-corrected chi connectivity index (χ2v) is 5.85. The van der Waals surface area contributed by atoms with Crippen LogP contribution in [0.1, 0.15) is 44.1 Å². The summed E-state index contributed by atoms with van der Waals surface area (Å²) < 4.78 is 1.71. The largest absolute Gasteiger partial charge is 0.291 e. The molecule has 3 nitrogen and oxygen atoms in total. The topological polar surface area (TPSA) is 34.9 Å². The second-order valence-electron chi connectivity index (χ2n) is 4.02. The quantitative estimate of drug-likeness (QED) is 0.712. The fraction of sp³-hybridized carbons (Fsp3) is 0.667. The third-order valence-electron chi connectivity index (χ3n) is 2.57. The van der Waals surface area contributed by atoms with Gasteiger partial charge in [0.05, 0.1) is 17.0 Å². The highest BCUT2D eigenvalue weighted by molar-refractivity contribution is 8.00. The smallest absolute Gasteiger partial charge is 0.192 e. The van der Waals surface area contributed by atoms with Crippen LogP contribution in [0.2, 0.25) is 5.02 Å². The lowest BCUT2D eigenvalue weighted by Gasteiger charge is -2.09. The van der Waals surface area contributed by atoms with Crippen LogP contribution in [0, 0.1) is 0 Å². The Labute approximate surface area is 112 Å². The number of carbonyl (C=O) groups excluding carboxylic acids is 1. The lowest BCUT2D eigenvalue weighted by Crippen LogP contribution is -2.14. The summed E-state index contributed by atoms with van der Waals surface area (Å²) in [6, 6.07) is 0. The van der Waals surface area contributed by atoms with Gasteiger partial charge in [-0.25, -0.2) is 0 Å². The number of thioether (sulfide) groups is 1. The van der Waals surface area contributed by atoms with E-state index in [1.54, 1.807) is 22.6 Å². The van der Waals surface area contributed by atoms with Crippen LogP contribution in [0.4, 0.5) is 0 Å². The van der Waals surface area contributed by atoms with Crippen LogP contribution in [0.15, 0.2) is 6.20 Å². The molecule has 5 heteroatoms. The Morgan fingerprint density at radius 2 is 2.29 bits per heavy atom. The number of halogens is 1. The van der Waals surface area contributed by atoms with Crippen LogP contribution in [-0.4, -0.2) is 26.6 Å². The number of Topliss-reactive ketones (excluding diaryl/α,β-unsaturated/α-hetero) is 1. The third-order valence-corrected chi connectivity index (χ3v) is 4.18. The van der Waals surface area contributed by atoms with Gasteiger partial charge >= 0.3 is 0 Å². The monoisotopic (exact) mass is 274 g/mol. The number of carbonyl (C=O) groups is 1. The van der Waals surface area contributed by atoms with Crippen molar-refractivity contribution in [1.29, 1.82) is 0 Å². The Morgan fingerprint density at radius 3 is 2.88 bits per heavy atom. The maximum atomic E-state index is 12.1. The van der Waals surface area contributed by atoms with Gasteiger partial charge in [0.1, 0.15) is 5.69 Å². The van der Waals surface area contributed by atoms with E-state index in [-0.39, 0.29) is 5.78 Å². The van der Waals surface area contributed by atoms with E-state index in [0.29, 0.717) is 21.7 Å². The first-order chi connectivity index (χ1) is 8.10. The fourth-order valence-corrected chi connectivity index (χ4v) is 2.48. The van der Waals surface area contributed by atoms with Crippen LogP contribution in [-0.2, 0) is 6.54 Å². The van der Waals surface area contributed by atoms with E-state index < -0.39 is 0 Å². The molecule has 0 N–H and O–H groups in total. The number of aryl methyl sites for hydroxylation is 1. The molecule has 0 aromatic carbocycles. The molecule has 0 spiro atoms. The third kappa shape index (κ3) is 4.03. The van der Waals surface area contributed by atoms with Crippen LogP contribution in [0.25, 0.3) is 0 Å². The van der Waals surface area contributed by atoms with Gasteiger partial charge in [-0.2, -0.15) is 16.9 Å². The molecule has 0 bridgehead atoms. The Morgan fingerprint density at radius 1 is 1.59 bits per heavy atom. The molecule has 96 valence electrons. The number of nitrogens with zero attached hydrogens (tertiary/aromatic N) is 2. The molecule has 0 saturated heterocycles. The molecular weight excluding hydrogens is 256 g/mol. The van der Waals surface area contributed by atoms with Crippen molar-refractivity contribution in [3.63, 3.8) is 0 Å². The molecular formula is C12H19ClN2OS. The standard InChI is InChI=1S/C12H19ClN2OS/c1-4-6-15-12(10(13)7-14-15)11(16)8-17-9(3)5-2/h7,9H,4-6,8H2,1-3H3. The van der Waals surface area contributed by atoms with Crippen LogP contribution >= 0.6 is 23.4 Å². The molecule has 0 amide bonds. The summed E-state index contributed by atoms with van der Waals surface area (Å²) >= 11 is 7.68. The number of hydrogen-bond donors (Lipinski definition) is 0. The van der Waals surface area contributed by atoms with Gasteiger partial charge in [0.15, 0.2) is 5.78 Å². The molecule has 1 aromatic heterocycles. The Hall–Kier alpha value is -0.480. The van der Waals surface area contributed by atoms with Crippen molar-refractivity contribution in [3.8, 4) is 0 Å². The molecule has 0 radical (unpaired) electrons. The predicted octanol–water partition coefficient (Wildman–Crippen LogP) is 3.66. The number of ketones is 1. The lowest BCUT2D eigenvalue weighted by atomic mass is 10.3. The molecule has 1 rings (SSSR count). The molecule has 0 fully saturated rings. The second kappa shape index (κ2) is 7.07. The molecule has 0 aliphatic heterocycles. The van der Waals surface area contributed by atoms with Crippen LogP contribution in [0.3, 0.4) is 0 Å². The SMILES string of the molecule is CCCn1ncc(Cl)c1C(=O)CSC(C)CC. The highest BCUT2D eigenvalue weighted by Crippen LogP contribution is 2.20. The van der Waals surface area contributed by atoms with Gasteiger partial charge in [-0.3, -0.25) is 9.48 Å². The van der Waals surface area contributed by atoms with Gasteiger partial charge in [0.2, 0.25) is 0 Å². The van der Waals surface area contributed by atoms with Gasteiger partial charge in [-0.05, 0) is 12.8 Å². The normalized spacial score (nSPS) is 12.7. The van der Waals surface area contributed by atoms with Crippen molar-refractivity contribution < 1.29 is 4.79 Å². The van der Waals surface area contributed by atoms with E-state index >= 15 is 0 Å². The molecule has 0 aliphatic carbocycles. The van der Waals surface area contributed by atoms with Gasteiger partial charge in [0, 0.05) is 11.8 Å². The minimum atomic E-state index is 0.0752. The summed E-state index contributed by atoms with van der Waals surface area (Å²) in [7, 11) is 0. The summed E-state index contributed by atoms with van der Waals surface area (Å²) in [6.07, 6.45) is 3.56. The van der Waals surface area contributed by atoms with Crippen molar-refractivity contribution in [2.24, 2.45) is 0 Å². The van der Waals surface area contributed by atoms with Gasteiger partial charge in [-0.15, -0.1) is 0 Å². The average molecular weight is 275 g/mol. The summed E-state index contributed by atoms with van der Waals surface area (Å²) in [5, 5.41) is 5.09. The van der Waals surface area contributed by atoms with Gasteiger partial charge < -0.3 is 0 Å². The van der Waals surface area contributed by atoms with E-state index in [4.69, 9.17) is 11.6 Å².